The molecule has 0 saturated carbocycles. The van der Waals surface area contributed by atoms with E-state index in [2.05, 4.69) is 11.4 Å². The smallest absolute Gasteiger partial charge is 0.240 e. The molecule has 5 nitrogen and oxygen atoms in total. The molecule has 0 fully saturated rings. The van der Waals surface area contributed by atoms with Crippen LogP contribution in [0.15, 0.2) is 11.6 Å². The normalized spacial score (nSPS) is 16.6. The standard InChI is InChI=1S/C13H20N2O3/c14-13(18)11(8-9-16)15-12(17)7-6-10-4-2-1-3-5-10/h4,9,11H,1-3,5-8H2,(H2,14,18)(H,15,17)/t11-/m0/s1. The molecule has 18 heavy (non-hydrogen) atoms. The number of aldehydes is 1. The van der Waals surface area contributed by atoms with Crippen LogP contribution in [0.3, 0.4) is 0 Å². The van der Waals surface area contributed by atoms with Crippen LogP contribution >= 0.6 is 0 Å². The molecule has 0 radical (unpaired) electrons. The monoisotopic (exact) mass is 252 g/mol. The Morgan fingerprint density at radius 1 is 1.44 bits per heavy atom. The van der Waals surface area contributed by atoms with Crippen LogP contribution in [0, 0.1) is 0 Å². The zero-order valence-corrected chi connectivity index (χ0v) is 10.5. The lowest BCUT2D eigenvalue weighted by Gasteiger charge is -2.15. The summed E-state index contributed by atoms with van der Waals surface area (Å²) in [5.41, 5.74) is 6.39. The third-order valence-electron chi connectivity index (χ3n) is 3.07. The first-order valence-corrected chi connectivity index (χ1v) is 6.33. The molecule has 0 aromatic heterocycles. The Bertz CT molecular complexity index is 350. The molecule has 1 aliphatic rings. The quantitative estimate of drug-likeness (QED) is 0.519. The molecule has 0 heterocycles. The van der Waals surface area contributed by atoms with Crippen molar-refractivity contribution in [1.29, 1.82) is 0 Å². The summed E-state index contributed by atoms with van der Waals surface area (Å²) in [6, 6.07) is -0.879. The summed E-state index contributed by atoms with van der Waals surface area (Å²) < 4.78 is 0. The van der Waals surface area contributed by atoms with Crippen LogP contribution in [0.25, 0.3) is 0 Å². The highest BCUT2D eigenvalue weighted by atomic mass is 16.2. The van der Waals surface area contributed by atoms with Crippen LogP contribution in [0.1, 0.15) is 44.9 Å². The average molecular weight is 252 g/mol. The lowest BCUT2D eigenvalue weighted by atomic mass is 9.96. The van der Waals surface area contributed by atoms with Gasteiger partial charge in [0.05, 0.1) is 0 Å². The molecular weight excluding hydrogens is 232 g/mol. The van der Waals surface area contributed by atoms with Gasteiger partial charge in [-0.1, -0.05) is 11.6 Å². The van der Waals surface area contributed by atoms with Crippen molar-refractivity contribution >= 4 is 18.1 Å². The average Bonchev–Trinajstić information content (AvgIpc) is 2.37. The van der Waals surface area contributed by atoms with Crippen molar-refractivity contribution in [2.24, 2.45) is 5.73 Å². The first-order valence-electron chi connectivity index (χ1n) is 6.33. The lowest BCUT2D eigenvalue weighted by Crippen LogP contribution is -2.44. The Hall–Kier alpha value is -1.65. The van der Waals surface area contributed by atoms with Crippen LogP contribution in [0.4, 0.5) is 0 Å². The Morgan fingerprint density at radius 3 is 2.78 bits per heavy atom. The maximum Gasteiger partial charge on any atom is 0.240 e. The number of nitrogens with two attached hydrogens (primary N) is 1. The van der Waals surface area contributed by atoms with E-state index < -0.39 is 11.9 Å². The zero-order valence-electron chi connectivity index (χ0n) is 10.5. The van der Waals surface area contributed by atoms with Gasteiger partial charge < -0.3 is 15.8 Å². The number of nitrogens with one attached hydrogen (secondary N) is 1. The van der Waals surface area contributed by atoms with Crippen molar-refractivity contribution in [3.8, 4) is 0 Å². The zero-order chi connectivity index (χ0) is 13.4. The Balaban J connectivity index is 2.33. The van der Waals surface area contributed by atoms with Crippen molar-refractivity contribution in [2.45, 2.75) is 51.0 Å². The molecule has 100 valence electrons. The van der Waals surface area contributed by atoms with E-state index in [1.807, 2.05) is 0 Å². The van der Waals surface area contributed by atoms with E-state index in [4.69, 9.17) is 5.73 Å². The van der Waals surface area contributed by atoms with Gasteiger partial charge in [0, 0.05) is 12.8 Å². The van der Waals surface area contributed by atoms with Gasteiger partial charge in [-0.15, -0.1) is 0 Å². The maximum absolute atomic E-state index is 11.6. The van der Waals surface area contributed by atoms with Gasteiger partial charge in [-0.3, -0.25) is 9.59 Å². The van der Waals surface area contributed by atoms with Crippen LogP contribution in [-0.2, 0) is 14.4 Å². The summed E-state index contributed by atoms with van der Waals surface area (Å²) in [7, 11) is 0. The number of hydrogen-bond acceptors (Lipinski definition) is 3. The Kier molecular flexibility index (Phi) is 6.11. The summed E-state index contributed by atoms with van der Waals surface area (Å²) >= 11 is 0. The Morgan fingerprint density at radius 2 is 2.22 bits per heavy atom. The molecule has 5 heteroatoms. The number of carbonyl (C=O) groups is 3. The van der Waals surface area contributed by atoms with E-state index in [-0.39, 0.29) is 12.3 Å². The van der Waals surface area contributed by atoms with E-state index in [1.54, 1.807) is 0 Å². The first-order chi connectivity index (χ1) is 8.63. The van der Waals surface area contributed by atoms with Gasteiger partial charge in [-0.2, -0.15) is 0 Å². The molecule has 0 aromatic carbocycles. The van der Waals surface area contributed by atoms with E-state index in [0.717, 1.165) is 19.3 Å². The minimum absolute atomic E-state index is 0.0657. The van der Waals surface area contributed by atoms with E-state index in [9.17, 15) is 14.4 Å². The molecule has 3 N–H and O–H groups in total. The third-order valence-corrected chi connectivity index (χ3v) is 3.07. The first kappa shape index (κ1) is 14.4. The van der Waals surface area contributed by atoms with Crippen molar-refractivity contribution in [2.75, 3.05) is 0 Å². The molecule has 1 aliphatic carbocycles. The van der Waals surface area contributed by atoms with Gasteiger partial charge in [0.15, 0.2) is 0 Å². The second-order valence-electron chi connectivity index (χ2n) is 4.53. The van der Waals surface area contributed by atoms with E-state index in [0.29, 0.717) is 12.7 Å². The highest BCUT2D eigenvalue weighted by Gasteiger charge is 2.17. The summed E-state index contributed by atoms with van der Waals surface area (Å²) in [5, 5.41) is 2.49. The molecule has 0 aliphatic heterocycles. The molecule has 0 aromatic rings. The number of primary amides is 1. The Labute approximate surface area is 107 Å². The highest BCUT2D eigenvalue weighted by Crippen LogP contribution is 2.21. The minimum atomic E-state index is -0.879. The largest absolute Gasteiger partial charge is 0.368 e. The van der Waals surface area contributed by atoms with Gasteiger partial charge in [-0.05, 0) is 32.1 Å². The van der Waals surface area contributed by atoms with Crippen LogP contribution in [0.5, 0.6) is 0 Å². The number of allylic oxidation sites excluding steroid dienone is 2. The summed E-state index contributed by atoms with van der Waals surface area (Å²) in [6.45, 7) is 0. The molecule has 1 atom stereocenters. The van der Waals surface area contributed by atoms with Crippen molar-refractivity contribution in [1.82, 2.24) is 5.32 Å². The van der Waals surface area contributed by atoms with Gasteiger partial charge in [0.2, 0.25) is 11.8 Å². The highest BCUT2D eigenvalue weighted by molar-refractivity contribution is 5.88. The van der Waals surface area contributed by atoms with Gasteiger partial charge >= 0.3 is 0 Å². The summed E-state index contributed by atoms with van der Waals surface area (Å²) in [5.74, 6) is -0.903. The molecule has 0 saturated heterocycles. The lowest BCUT2D eigenvalue weighted by molar-refractivity contribution is -0.128. The topological polar surface area (TPSA) is 89.3 Å². The predicted octanol–water partition coefficient (Wildman–Crippen LogP) is 0.826. The fourth-order valence-corrected chi connectivity index (χ4v) is 2.01. The second-order valence-corrected chi connectivity index (χ2v) is 4.53. The number of rotatable bonds is 7. The molecule has 1 rings (SSSR count). The van der Waals surface area contributed by atoms with Crippen LogP contribution in [0.2, 0.25) is 0 Å². The van der Waals surface area contributed by atoms with Crippen molar-refractivity contribution < 1.29 is 14.4 Å². The fourth-order valence-electron chi connectivity index (χ4n) is 2.01. The molecule has 0 unspecified atom stereocenters. The number of carbonyl (C=O) groups excluding carboxylic acids is 3. The predicted molar refractivity (Wildman–Crippen MR) is 67.6 cm³/mol. The van der Waals surface area contributed by atoms with E-state index in [1.165, 1.54) is 18.4 Å². The molecular formula is C13H20N2O3. The van der Waals surface area contributed by atoms with Gasteiger partial charge in [0.25, 0.3) is 0 Å². The number of amides is 2. The summed E-state index contributed by atoms with van der Waals surface area (Å²) in [6.07, 6.45) is 8.32. The van der Waals surface area contributed by atoms with Gasteiger partial charge in [0.1, 0.15) is 12.3 Å². The van der Waals surface area contributed by atoms with Crippen molar-refractivity contribution in [3.63, 3.8) is 0 Å². The molecule has 0 spiro atoms. The van der Waals surface area contributed by atoms with Crippen LogP contribution in [-0.4, -0.2) is 24.1 Å². The number of hydrogen-bond donors (Lipinski definition) is 2. The molecule has 2 amide bonds. The van der Waals surface area contributed by atoms with Crippen LogP contribution < -0.4 is 11.1 Å². The minimum Gasteiger partial charge on any atom is -0.368 e. The maximum atomic E-state index is 11.6. The fraction of sp³-hybridized carbons (Fsp3) is 0.615. The van der Waals surface area contributed by atoms with E-state index >= 15 is 0 Å². The summed E-state index contributed by atoms with van der Waals surface area (Å²) in [4.78, 5) is 32.9. The van der Waals surface area contributed by atoms with Gasteiger partial charge in [-0.25, -0.2) is 0 Å². The second kappa shape index (κ2) is 7.63. The third kappa shape index (κ3) is 5.12. The molecule has 0 bridgehead atoms. The van der Waals surface area contributed by atoms with Crippen molar-refractivity contribution in [3.05, 3.63) is 11.6 Å². The SMILES string of the molecule is NC(=O)[C@H](CC=O)NC(=O)CCC1=CCCCC1.